The van der Waals surface area contributed by atoms with Crippen LogP contribution in [0.2, 0.25) is 5.02 Å². The average Bonchev–Trinajstić information content (AvgIpc) is 2.38. The SMILES string of the molecule is CCC(C)CC(CNC(C)C)Cc1ccc(Cl)cc1. The fourth-order valence-electron chi connectivity index (χ4n) is 2.33. The summed E-state index contributed by atoms with van der Waals surface area (Å²) in [6, 6.07) is 8.85. The minimum absolute atomic E-state index is 0.560. The van der Waals surface area contributed by atoms with Crippen LogP contribution in [0.4, 0.5) is 0 Å². The van der Waals surface area contributed by atoms with Crippen LogP contribution < -0.4 is 5.32 Å². The Morgan fingerprint density at radius 1 is 1.11 bits per heavy atom. The van der Waals surface area contributed by atoms with Gasteiger partial charge in [0.1, 0.15) is 0 Å². The van der Waals surface area contributed by atoms with Crippen molar-refractivity contribution in [3.8, 4) is 0 Å². The molecular weight excluding hydrogens is 254 g/mol. The average molecular weight is 282 g/mol. The summed E-state index contributed by atoms with van der Waals surface area (Å²) in [5.41, 5.74) is 1.39. The largest absolute Gasteiger partial charge is 0.314 e. The molecule has 0 heterocycles. The maximum absolute atomic E-state index is 5.95. The van der Waals surface area contributed by atoms with Gasteiger partial charge in [-0.05, 0) is 48.9 Å². The molecule has 0 spiro atoms. The van der Waals surface area contributed by atoms with Gasteiger partial charge in [0.15, 0.2) is 0 Å². The van der Waals surface area contributed by atoms with E-state index in [1.54, 1.807) is 0 Å². The van der Waals surface area contributed by atoms with E-state index in [9.17, 15) is 0 Å². The molecule has 1 N–H and O–H groups in total. The van der Waals surface area contributed by atoms with E-state index < -0.39 is 0 Å². The van der Waals surface area contributed by atoms with Crippen LogP contribution in [0, 0.1) is 11.8 Å². The number of halogens is 1. The molecule has 2 unspecified atom stereocenters. The Labute approximate surface area is 123 Å². The molecule has 0 aliphatic rings. The first-order chi connectivity index (χ1) is 9.01. The Bertz CT molecular complexity index is 345. The lowest BCUT2D eigenvalue weighted by atomic mass is 9.89. The van der Waals surface area contributed by atoms with Crippen molar-refractivity contribution in [2.75, 3.05) is 6.54 Å². The number of nitrogens with one attached hydrogen (secondary N) is 1. The highest BCUT2D eigenvalue weighted by molar-refractivity contribution is 6.30. The molecule has 1 rings (SSSR count). The van der Waals surface area contributed by atoms with Crippen LogP contribution >= 0.6 is 11.6 Å². The van der Waals surface area contributed by atoms with Crippen LogP contribution in [-0.2, 0) is 6.42 Å². The molecule has 19 heavy (non-hydrogen) atoms. The van der Waals surface area contributed by atoms with Gasteiger partial charge in [0.05, 0.1) is 0 Å². The van der Waals surface area contributed by atoms with Gasteiger partial charge in [0.25, 0.3) is 0 Å². The van der Waals surface area contributed by atoms with Gasteiger partial charge in [-0.1, -0.05) is 57.8 Å². The molecule has 0 amide bonds. The van der Waals surface area contributed by atoms with Gasteiger partial charge in [-0.3, -0.25) is 0 Å². The van der Waals surface area contributed by atoms with Gasteiger partial charge in [-0.15, -0.1) is 0 Å². The molecule has 1 aromatic carbocycles. The summed E-state index contributed by atoms with van der Waals surface area (Å²) >= 11 is 5.95. The first-order valence-electron chi connectivity index (χ1n) is 7.49. The second-order valence-corrected chi connectivity index (χ2v) is 6.45. The predicted octanol–water partition coefficient (Wildman–Crippen LogP) is 4.93. The molecule has 0 radical (unpaired) electrons. The van der Waals surface area contributed by atoms with E-state index >= 15 is 0 Å². The molecule has 2 atom stereocenters. The van der Waals surface area contributed by atoms with Gasteiger partial charge >= 0.3 is 0 Å². The minimum atomic E-state index is 0.560. The normalized spacial score (nSPS) is 14.6. The van der Waals surface area contributed by atoms with E-state index in [1.165, 1.54) is 18.4 Å². The molecule has 0 saturated carbocycles. The van der Waals surface area contributed by atoms with Crippen molar-refractivity contribution in [1.82, 2.24) is 5.32 Å². The molecule has 0 aliphatic heterocycles. The van der Waals surface area contributed by atoms with Crippen molar-refractivity contribution in [2.45, 2.75) is 53.0 Å². The molecule has 0 aromatic heterocycles. The molecule has 0 saturated heterocycles. The summed E-state index contributed by atoms with van der Waals surface area (Å²) in [6.45, 7) is 10.2. The van der Waals surface area contributed by atoms with Crippen LogP contribution in [0.15, 0.2) is 24.3 Å². The smallest absolute Gasteiger partial charge is 0.0406 e. The van der Waals surface area contributed by atoms with Gasteiger partial charge in [-0.2, -0.15) is 0 Å². The lowest BCUT2D eigenvalue weighted by Crippen LogP contribution is -2.30. The van der Waals surface area contributed by atoms with E-state index in [0.717, 1.165) is 23.9 Å². The topological polar surface area (TPSA) is 12.0 Å². The Morgan fingerprint density at radius 3 is 2.26 bits per heavy atom. The summed E-state index contributed by atoms with van der Waals surface area (Å²) in [5, 5.41) is 4.40. The zero-order chi connectivity index (χ0) is 14.3. The lowest BCUT2D eigenvalue weighted by Gasteiger charge is -2.22. The van der Waals surface area contributed by atoms with Crippen molar-refractivity contribution in [1.29, 1.82) is 0 Å². The van der Waals surface area contributed by atoms with Crippen molar-refractivity contribution >= 4 is 11.6 Å². The maximum atomic E-state index is 5.95. The van der Waals surface area contributed by atoms with Crippen LogP contribution in [0.25, 0.3) is 0 Å². The summed E-state index contributed by atoms with van der Waals surface area (Å²) < 4.78 is 0. The van der Waals surface area contributed by atoms with E-state index in [1.807, 2.05) is 12.1 Å². The minimum Gasteiger partial charge on any atom is -0.314 e. The molecule has 0 fully saturated rings. The quantitative estimate of drug-likeness (QED) is 0.712. The summed E-state index contributed by atoms with van der Waals surface area (Å²) in [7, 11) is 0. The third-order valence-corrected chi connectivity index (χ3v) is 3.94. The Hall–Kier alpha value is -0.530. The number of hydrogen-bond donors (Lipinski definition) is 1. The fourth-order valence-corrected chi connectivity index (χ4v) is 2.46. The Balaban J connectivity index is 2.58. The summed E-state index contributed by atoms with van der Waals surface area (Å²) in [5.74, 6) is 1.50. The molecular formula is C17H28ClN. The summed E-state index contributed by atoms with van der Waals surface area (Å²) in [6.07, 6.45) is 3.69. The molecule has 108 valence electrons. The number of benzene rings is 1. The van der Waals surface area contributed by atoms with Crippen LogP contribution in [0.3, 0.4) is 0 Å². The lowest BCUT2D eigenvalue weighted by molar-refractivity contribution is 0.354. The first kappa shape index (κ1) is 16.5. The molecule has 0 bridgehead atoms. The maximum Gasteiger partial charge on any atom is 0.0406 e. The second-order valence-electron chi connectivity index (χ2n) is 6.01. The highest BCUT2D eigenvalue weighted by Crippen LogP contribution is 2.20. The molecule has 1 aromatic rings. The fraction of sp³-hybridized carbons (Fsp3) is 0.647. The van der Waals surface area contributed by atoms with Gasteiger partial charge in [0, 0.05) is 11.1 Å². The van der Waals surface area contributed by atoms with Crippen LogP contribution in [0.5, 0.6) is 0 Å². The molecule has 1 nitrogen and oxygen atoms in total. The first-order valence-corrected chi connectivity index (χ1v) is 7.86. The third kappa shape index (κ3) is 6.98. The van der Waals surface area contributed by atoms with Crippen molar-refractivity contribution in [2.24, 2.45) is 11.8 Å². The van der Waals surface area contributed by atoms with Crippen LogP contribution in [0.1, 0.15) is 46.1 Å². The van der Waals surface area contributed by atoms with E-state index in [-0.39, 0.29) is 0 Å². The van der Waals surface area contributed by atoms with E-state index in [4.69, 9.17) is 11.6 Å². The Kier molecular flexibility index (Phi) is 7.48. The number of rotatable bonds is 8. The highest BCUT2D eigenvalue weighted by atomic mass is 35.5. The van der Waals surface area contributed by atoms with Crippen molar-refractivity contribution < 1.29 is 0 Å². The molecule has 0 aliphatic carbocycles. The Morgan fingerprint density at radius 2 is 1.74 bits per heavy atom. The van der Waals surface area contributed by atoms with Gasteiger partial charge < -0.3 is 5.32 Å². The van der Waals surface area contributed by atoms with Crippen molar-refractivity contribution in [3.05, 3.63) is 34.9 Å². The molecule has 2 heteroatoms. The predicted molar refractivity (Wildman–Crippen MR) is 85.9 cm³/mol. The highest BCUT2D eigenvalue weighted by Gasteiger charge is 2.13. The van der Waals surface area contributed by atoms with Gasteiger partial charge in [-0.25, -0.2) is 0 Å². The zero-order valence-corrected chi connectivity index (χ0v) is 13.5. The third-order valence-electron chi connectivity index (χ3n) is 3.69. The van der Waals surface area contributed by atoms with E-state index in [0.29, 0.717) is 12.0 Å². The summed E-state index contributed by atoms with van der Waals surface area (Å²) in [4.78, 5) is 0. The van der Waals surface area contributed by atoms with E-state index in [2.05, 4.69) is 45.1 Å². The van der Waals surface area contributed by atoms with Crippen molar-refractivity contribution in [3.63, 3.8) is 0 Å². The monoisotopic (exact) mass is 281 g/mol. The van der Waals surface area contributed by atoms with Gasteiger partial charge in [0.2, 0.25) is 0 Å². The number of hydrogen-bond acceptors (Lipinski definition) is 1. The zero-order valence-electron chi connectivity index (χ0n) is 12.7. The van der Waals surface area contributed by atoms with Crippen LogP contribution in [-0.4, -0.2) is 12.6 Å². The second kappa shape index (κ2) is 8.60. The standard InChI is InChI=1S/C17H28ClN/c1-5-14(4)10-16(12-19-13(2)3)11-15-6-8-17(18)9-7-15/h6-9,13-14,16,19H,5,10-12H2,1-4H3.